The average Bonchev–Trinajstić information content (AvgIpc) is 3.16. The Morgan fingerprint density at radius 1 is 1.17 bits per heavy atom. The number of imidazole rings is 1. The van der Waals surface area contributed by atoms with Crippen molar-refractivity contribution in [1.82, 2.24) is 14.3 Å². The van der Waals surface area contributed by atoms with Crippen LogP contribution in [-0.4, -0.2) is 36.5 Å². The first-order valence-corrected chi connectivity index (χ1v) is 11.0. The van der Waals surface area contributed by atoms with Gasteiger partial charge in [-0.05, 0) is 29.8 Å². The smallest absolute Gasteiger partial charge is 0.240 e. The van der Waals surface area contributed by atoms with E-state index in [4.69, 9.17) is 4.74 Å². The first kappa shape index (κ1) is 20.3. The number of carbonyl (C=O) groups is 1. The largest absolute Gasteiger partial charge is 0.367 e. The number of rotatable bonds is 6. The number of fused-ring (bicyclic) bond motifs is 1. The highest BCUT2D eigenvalue weighted by Gasteiger charge is 2.24. The Kier molecular flexibility index (Phi) is 5.67. The van der Waals surface area contributed by atoms with Crippen LogP contribution in [0.15, 0.2) is 65.7 Å². The summed E-state index contributed by atoms with van der Waals surface area (Å²) in [6.07, 6.45) is 1.50. The van der Waals surface area contributed by atoms with Gasteiger partial charge in [0, 0.05) is 19.2 Å². The Balaban J connectivity index is 1.43. The lowest BCUT2D eigenvalue weighted by molar-refractivity contribution is -0.114. The van der Waals surface area contributed by atoms with Gasteiger partial charge in [0.25, 0.3) is 0 Å². The van der Waals surface area contributed by atoms with Crippen LogP contribution in [0.4, 0.5) is 5.69 Å². The minimum Gasteiger partial charge on any atom is -0.367 e. The Morgan fingerprint density at radius 3 is 2.60 bits per heavy atom. The molecule has 30 heavy (non-hydrogen) atoms. The molecular formula is C21H22N4O4S. The molecule has 8 nitrogen and oxygen atoms in total. The molecule has 1 aromatic heterocycles. The third-order valence-corrected chi connectivity index (χ3v) is 6.27. The molecule has 2 heterocycles. The lowest BCUT2D eigenvalue weighted by Crippen LogP contribution is -2.39. The zero-order valence-electron chi connectivity index (χ0n) is 16.4. The highest BCUT2D eigenvalue weighted by Crippen LogP contribution is 2.24. The topological polar surface area (TPSA) is 102 Å². The molecular weight excluding hydrogens is 404 g/mol. The molecule has 0 fully saturated rings. The van der Waals surface area contributed by atoms with E-state index in [2.05, 4.69) is 19.6 Å². The van der Waals surface area contributed by atoms with Crippen molar-refractivity contribution in [1.29, 1.82) is 0 Å². The van der Waals surface area contributed by atoms with Gasteiger partial charge in [-0.2, -0.15) is 0 Å². The van der Waals surface area contributed by atoms with Crippen molar-refractivity contribution in [2.75, 3.05) is 11.9 Å². The number of amides is 1. The normalized spacial score (nSPS) is 16.1. The van der Waals surface area contributed by atoms with E-state index in [1.54, 1.807) is 12.1 Å². The highest BCUT2D eigenvalue weighted by atomic mass is 32.2. The molecule has 156 valence electrons. The zero-order chi connectivity index (χ0) is 21.1. The van der Waals surface area contributed by atoms with Crippen molar-refractivity contribution in [3.8, 4) is 11.3 Å². The van der Waals surface area contributed by atoms with E-state index in [-0.39, 0.29) is 23.5 Å². The van der Waals surface area contributed by atoms with Crippen molar-refractivity contribution in [2.45, 2.75) is 31.1 Å². The van der Waals surface area contributed by atoms with E-state index in [0.717, 1.165) is 17.1 Å². The molecule has 1 aliphatic heterocycles. The van der Waals surface area contributed by atoms with Crippen LogP contribution < -0.4 is 10.0 Å². The van der Waals surface area contributed by atoms with Gasteiger partial charge in [0.2, 0.25) is 15.9 Å². The molecule has 0 bridgehead atoms. The van der Waals surface area contributed by atoms with Crippen LogP contribution >= 0.6 is 0 Å². The fourth-order valence-corrected chi connectivity index (χ4v) is 4.42. The maximum Gasteiger partial charge on any atom is 0.240 e. The van der Waals surface area contributed by atoms with Crippen LogP contribution in [0.1, 0.15) is 12.7 Å². The summed E-state index contributed by atoms with van der Waals surface area (Å²) in [7, 11) is -3.70. The fraction of sp³-hybridized carbons (Fsp3) is 0.238. The van der Waals surface area contributed by atoms with Crippen LogP contribution in [0.25, 0.3) is 11.3 Å². The number of sulfonamides is 1. The Labute approximate surface area is 175 Å². The van der Waals surface area contributed by atoms with E-state index in [0.29, 0.717) is 18.8 Å². The summed E-state index contributed by atoms with van der Waals surface area (Å²) in [5.41, 5.74) is 2.57. The number of aromatic nitrogens is 2. The van der Waals surface area contributed by atoms with Gasteiger partial charge in [0.05, 0.1) is 29.4 Å². The number of nitrogens with one attached hydrogen (secondary N) is 2. The second-order valence-electron chi connectivity index (χ2n) is 7.03. The second kappa shape index (κ2) is 8.39. The summed E-state index contributed by atoms with van der Waals surface area (Å²) in [6.45, 7) is 2.36. The predicted molar refractivity (Wildman–Crippen MR) is 112 cm³/mol. The van der Waals surface area contributed by atoms with Gasteiger partial charge in [-0.25, -0.2) is 18.1 Å². The molecule has 2 aromatic carbocycles. The van der Waals surface area contributed by atoms with Crippen molar-refractivity contribution in [3.05, 3.63) is 66.6 Å². The minimum atomic E-state index is -3.70. The highest BCUT2D eigenvalue weighted by molar-refractivity contribution is 7.89. The Bertz CT molecular complexity index is 1140. The van der Waals surface area contributed by atoms with E-state index in [9.17, 15) is 13.2 Å². The number of carbonyl (C=O) groups excluding carboxylic acids is 1. The number of hydrogen-bond donors (Lipinski definition) is 2. The molecule has 1 amide bonds. The van der Waals surface area contributed by atoms with Crippen molar-refractivity contribution >= 4 is 21.6 Å². The van der Waals surface area contributed by atoms with Gasteiger partial charge in [0.1, 0.15) is 12.4 Å². The summed E-state index contributed by atoms with van der Waals surface area (Å²) in [6, 6.07) is 15.9. The van der Waals surface area contributed by atoms with Crippen LogP contribution in [0, 0.1) is 0 Å². The standard InChI is InChI=1S/C21H22N4O4S/c1-15(26)24-17-7-9-19(10-8-17)30(27,28)23-11-18-13-25-20(12-22-21(25)14-29-18)16-5-3-2-4-6-16/h2-10,12,18,23H,11,13-14H2,1H3,(H,24,26). The van der Waals surface area contributed by atoms with E-state index in [1.165, 1.54) is 19.1 Å². The summed E-state index contributed by atoms with van der Waals surface area (Å²) >= 11 is 0. The van der Waals surface area contributed by atoms with E-state index < -0.39 is 10.0 Å². The van der Waals surface area contributed by atoms with Crippen LogP contribution in [0.3, 0.4) is 0 Å². The van der Waals surface area contributed by atoms with Crippen LogP contribution in [0.2, 0.25) is 0 Å². The molecule has 0 radical (unpaired) electrons. The van der Waals surface area contributed by atoms with Crippen LogP contribution in [-0.2, 0) is 32.7 Å². The number of anilines is 1. The molecule has 0 saturated heterocycles. The molecule has 2 N–H and O–H groups in total. The molecule has 0 aliphatic carbocycles. The number of ether oxygens (including phenoxy) is 1. The lowest BCUT2D eigenvalue weighted by Gasteiger charge is -2.26. The summed E-state index contributed by atoms with van der Waals surface area (Å²) < 4.78 is 35.7. The minimum absolute atomic E-state index is 0.126. The van der Waals surface area contributed by atoms with Gasteiger partial charge in [-0.3, -0.25) is 4.79 Å². The molecule has 3 aromatic rings. The third-order valence-electron chi connectivity index (χ3n) is 4.83. The lowest BCUT2D eigenvalue weighted by atomic mass is 10.1. The van der Waals surface area contributed by atoms with Crippen molar-refractivity contribution in [2.24, 2.45) is 0 Å². The van der Waals surface area contributed by atoms with Gasteiger partial charge >= 0.3 is 0 Å². The molecule has 1 atom stereocenters. The first-order chi connectivity index (χ1) is 14.4. The number of benzene rings is 2. The van der Waals surface area contributed by atoms with Crippen molar-refractivity contribution in [3.63, 3.8) is 0 Å². The van der Waals surface area contributed by atoms with Crippen molar-refractivity contribution < 1.29 is 17.9 Å². The number of hydrogen-bond acceptors (Lipinski definition) is 5. The summed E-state index contributed by atoms with van der Waals surface area (Å²) in [4.78, 5) is 15.6. The number of nitrogens with zero attached hydrogens (tertiary/aromatic N) is 2. The Morgan fingerprint density at radius 2 is 1.90 bits per heavy atom. The molecule has 1 aliphatic rings. The molecule has 9 heteroatoms. The fourth-order valence-electron chi connectivity index (χ4n) is 3.35. The molecule has 0 spiro atoms. The Hall–Kier alpha value is -3.01. The predicted octanol–water partition coefficient (Wildman–Crippen LogP) is 2.39. The van der Waals surface area contributed by atoms with Gasteiger partial charge in [-0.1, -0.05) is 30.3 Å². The summed E-state index contributed by atoms with van der Waals surface area (Å²) in [5.74, 6) is 0.605. The first-order valence-electron chi connectivity index (χ1n) is 9.51. The van der Waals surface area contributed by atoms with Gasteiger partial charge in [-0.15, -0.1) is 0 Å². The quantitative estimate of drug-likeness (QED) is 0.630. The SMILES string of the molecule is CC(=O)Nc1ccc(S(=O)(=O)NCC2Cn3c(-c4ccccc4)cnc3CO2)cc1. The zero-order valence-corrected chi connectivity index (χ0v) is 17.2. The van der Waals surface area contributed by atoms with Gasteiger partial charge in [0.15, 0.2) is 0 Å². The average molecular weight is 426 g/mol. The summed E-state index contributed by atoms with van der Waals surface area (Å²) in [5, 5.41) is 2.61. The monoisotopic (exact) mass is 426 g/mol. The molecule has 0 saturated carbocycles. The van der Waals surface area contributed by atoms with Crippen LogP contribution in [0.5, 0.6) is 0 Å². The molecule has 4 rings (SSSR count). The maximum absolute atomic E-state index is 12.6. The maximum atomic E-state index is 12.6. The second-order valence-corrected chi connectivity index (χ2v) is 8.79. The third kappa shape index (κ3) is 4.43. The van der Waals surface area contributed by atoms with Gasteiger partial charge < -0.3 is 14.6 Å². The molecule has 1 unspecified atom stereocenters. The van der Waals surface area contributed by atoms with E-state index >= 15 is 0 Å². The van der Waals surface area contributed by atoms with E-state index in [1.807, 2.05) is 36.5 Å².